The minimum Gasteiger partial charge on any atom is -0.382 e. The van der Waals surface area contributed by atoms with Crippen LogP contribution in [-0.4, -0.2) is 72.3 Å². The molecule has 0 saturated carbocycles. The van der Waals surface area contributed by atoms with Crippen molar-refractivity contribution in [3.63, 3.8) is 0 Å². The number of hydrogen-bond acceptors (Lipinski definition) is 9. The maximum atomic E-state index is 6.82. The summed E-state index contributed by atoms with van der Waals surface area (Å²) in [4.78, 5) is 15.7. The summed E-state index contributed by atoms with van der Waals surface area (Å²) in [7, 11) is 4.63. The van der Waals surface area contributed by atoms with Crippen LogP contribution < -0.4 is 5.73 Å². The highest BCUT2D eigenvalue weighted by Gasteiger charge is 2.59. The number of imidazole rings is 1. The zero-order valence-corrected chi connectivity index (χ0v) is 15.4. The minimum atomic E-state index is -3.05. The largest absolute Gasteiger partial charge is 0.488 e. The molecule has 2 saturated heterocycles. The van der Waals surface area contributed by atoms with Crippen molar-refractivity contribution < 1.29 is 23.0 Å². The predicted octanol–water partition coefficient (Wildman–Crippen LogP) is 0.518. The molecule has 13 heteroatoms. The highest BCUT2D eigenvalue weighted by molar-refractivity contribution is 7.85. The van der Waals surface area contributed by atoms with Gasteiger partial charge in [0.2, 0.25) is 6.54 Å². The van der Waals surface area contributed by atoms with Crippen molar-refractivity contribution in [1.82, 2.24) is 19.5 Å². The lowest BCUT2D eigenvalue weighted by molar-refractivity contribution is -0.0637. The first kappa shape index (κ1) is 18.5. The molecule has 2 aromatic heterocycles. The topological polar surface area (TPSA) is 120 Å². The van der Waals surface area contributed by atoms with E-state index in [0.29, 0.717) is 11.2 Å². The van der Waals surface area contributed by atoms with Gasteiger partial charge in [0.25, 0.3) is 0 Å². The molecule has 140 valence electrons. The van der Waals surface area contributed by atoms with Crippen molar-refractivity contribution in [1.29, 1.82) is 0 Å². The van der Waals surface area contributed by atoms with Crippen LogP contribution in [0.3, 0.4) is 0 Å². The van der Waals surface area contributed by atoms with Crippen LogP contribution in [-0.2, 0) is 23.0 Å². The Kier molecular flexibility index (Phi) is 4.98. The van der Waals surface area contributed by atoms with Gasteiger partial charge in [0, 0.05) is 7.11 Å². The lowest BCUT2D eigenvalue weighted by atomic mass is 10.1. The average molecular weight is 391 g/mol. The molecule has 0 bridgehead atoms. The number of nitrogens with zero attached hydrogens (tertiary/aromatic N) is 5. The van der Waals surface area contributed by atoms with Gasteiger partial charge in [-0.25, -0.2) is 21.5 Å². The van der Waals surface area contributed by atoms with E-state index in [4.69, 9.17) is 42.9 Å². The highest BCUT2D eigenvalue weighted by atomic mass is 31.2. The van der Waals surface area contributed by atoms with E-state index < -0.39 is 32.4 Å². The number of nitrogens with two attached hydrogens (primary N) is 1. The second-order valence-corrected chi connectivity index (χ2v) is 7.78. The van der Waals surface area contributed by atoms with Gasteiger partial charge in [-0.15, -0.1) is 0 Å². The lowest BCUT2D eigenvalue weighted by Gasteiger charge is -2.31. The molecular weight excluding hydrogens is 374 g/mol. The molecule has 0 spiro atoms. The molecule has 0 aliphatic carbocycles. The van der Waals surface area contributed by atoms with E-state index in [2.05, 4.69) is 19.8 Å². The fourth-order valence-corrected chi connectivity index (χ4v) is 4.64. The van der Waals surface area contributed by atoms with Gasteiger partial charge in [0.15, 0.2) is 30.4 Å². The molecule has 2 fully saturated rings. The van der Waals surface area contributed by atoms with Crippen LogP contribution in [0.15, 0.2) is 12.7 Å². The molecule has 2 radical (unpaired) electrons. The third kappa shape index (κ3) is 3.27. The van der Waals surface area contributed by atoms with Crippen molar-refractivity contribution >= 4 is 32.4 Å². The number of fused-ring (bicyclic) bond motifs is 2. The second-order valence-electron chi connectivity index (χ2n) is 5.97. The fourth-order valence-electron chi connectivity index (χ4n) is 3.16. The molecule has 27 heavy (non-hydrogen) atoms. The van der Waals surface area contributed by atoms with Crippen LogP contribution >= 0.6 is 7.82 Å². The van der Waals surface area contributed by atoms with Crippen molar-refractivity contribution in [2.45, 2.75) is 24.5 Å². The van der Waals surface area contributed by atoms with E-state index >= 15 is 0 Å². The van der Waals surface area contributed by atoms with Crippen molar-refractivity contribution in [2.75, 3.05) is 32.6 Å². The van der Waals surface area contributed by atoms with E-state index in [0.717, 1.165) is 0 Å². The smallest absolute Gasteiger partial charge is 0.382 e. The molecule has 2 aliphatic rings. The fraction of sp³-hybridized carbons (Fsp3) is 0.571. The van der Waals surface area contributed by atoms with Gasteiger partial charge in [-0.05, 0) is 0 Å². The number of anilines is 1. The number of aromatic nitrogens is 4. The molecule has 2 aromatic rings. The van der Waals surface area contributed by atoms with E-state index in [-0.39, 0.29) is 25.6 Å². The van der Waals surface area contributed by atoms with Crippen molar-refractivity contribution in [2.24, 2.45) is 0 Å². The number of ether oxygens (including phenoxy) is 2. The second kappa shape index (κ2) is 7.28. The maximum Gasteiger partial charge on any atom is 0.488 e. The van der Waals surface area contributed by atoms with Crippen molar-refractivity contribution in [3.05, 3.63) is 24.1 Å². The Balaban J connectivity index is 1.59. The maximum absolute atomic E-state index is 6.82. The number of methoxy groups -OCH3 is 1. The SMILES string of the molecule is [B][P+]1(OCC[N+]#[C-])OC[C@H]2O[C@@H](n3cnc4c(N)ncnc43)C(OC)[C@H]2O1. The van der Waals surface area contributed by atoms with E-state index in [1.165, 1.54) is 6.33 Å². The molecule has 0 aromatic carbocycles. The summed E-state index contributed by atoms with van der Waals surface area (Å²) in [5, 5.41) is 0. The average Bonchev–Trinajstić information content (AvgIpc) is 3.23. The molecule has 5 atom stereocenters. The van der Waals surface area contributed by atoms with Crippen LogP contribution in [0.25, 0.3) is 16.0 Å². The number of hydrogen-bond donors (Lipinski definition) is 1. The highest BCUT2D eigenvalue weighted by Crippen LogP contribution is 2.63. The molecule has 11 nitrogen and oxygen atoms in total. The third-order valence-electron chi connectivity index (χ3n) is 4.38. The molecule has 2 aliphatic heterocycles. The first-order chi connectivity index (χ1) is 13.1. The van der Waals surface area contributed by atoms with Gasteiger partial charge in [-0.3, -0.25) is 4.57 Å². The minimum absolute atomic E-state index is 0.134. The summed E-state index contributed by atoms with van der Waals surface area (Å²) >= 11 is 0. The molecule has 0 amide bonds. The Morgan fingerprint density at radius 1 is 1.48 bits per heavy atom. The van der Waals surface area contributed by atoms with Crippen LogP contribution in [0.4, 0.5) is 5.82 Å². The summed E-state index contributed by atoms with van der Waals surface area (Å²) in [6, 6.07) is 0. The van der Waals surface area contributed by atoms with Gasteiger partial charge in [0.05, 0.1) is 6.33 Å². The zero-order valence-electron chi connectivity index (χ0n) is 14.5. The quantitative estimate of drug-likeness (QED) is 0.337. The first-order valence-electron chi connectivity index (χ1n) is 8.16. The summed E-state index contributed by atoms with van der Waals surface area (Å²) in [5.41, 5.74) is 6.85. The molecule has 4 rings (SSSR count). The van der Waals surface area contributed by atoms with Gasteiger partial charge in [-0.1, -0.05) is 0 Å². The Hall–Kier alpha value is -1.87. The van der Waals surface area contributed by atoms with Crippen LogP contribution in [0.5, 0.6) is 0 Å². The Labute approximate surface area is 156 Å². The lowest BCUT2D eigenvalue weighted by Crippen LogP contribution is -2.42. The van der Waals surface area contributed by atoms with Crippen molar-refractivity contribution in [3.8, 4) is 0 Å². The van der Waals surface area contributed by atoms with Crippen LogP contribution in [0.2, 0.25) is 0 Å². The standard InChI is InChI=1S/C14H17BN6O5P/c1-17-3-4-23-27(15)24-5-8-10(26-27)11(22-2)14(25-8)21-7-20-9-12(16)18-6-19-13(9)21/h6-8,10-11,14H,3-5H2,2H3,(H2,16,18,19)/q+1/t8-,10+,11?,14-,27?/m1/s1. The summed E-state index contributed by atoms with van der Waals surface area (Å²) in [6.45, 7) is 7.31. The zero-order chi connectivity index (χ0) is 19.0. The Morgan fingerprint density at radius 3 is 3.11 bits per heavy atom. The number of rotatable bonds is 5. The van der Waals surface area contributed by atoms with E-state index in [1.54, 1.807) is 18.0 Å². The first-order valence-corrected chi connectivity index (χ1v) is 9.77. The number of nitrogen functional groups attached to an aromatic ring is 1. The van der Waals surface area contributed by atoms with E-state index in [9.17, 15) is 0 Å². The predicted molar refractivity (Wildman–Crippen MR) is 95.4 cm³/mol. The summed E-state index contributed by atoms with van der Waals surface area (Å²) < 4.78 is 30.4. The monoisotopic (exact) mass is 391 g/mol. The molecule has 2 N–H and O–H groups in total. The Bertz CT molecular complexity index is 879. The van der Waals surface area contributed by atoms with Gasteiger partial charge in [-0.2, -0.15) is 13.6 Å². The molecule has 4 heterocycles. The third-order valence-corrected chi connectivity index (χ3v) is 5.97. The van der Waals surface area contributed by atoms with Gasteiger partial charge < -0.3 is 20.1 Å². The van der Waals surface area contributed by atoms with Crippen LogP contribution in [0, 0.1) is 6.57 Å². The van der Waals surface area contributed by atoms with Gasteiger partial charge >= 0.3 is 15.4 Å². The Morgan fingerprint density at radius 2 is 2.33 bits per heavy atom. The van der Waals surface area contributed by atoms with Crippen LogP contribution in [0.1, 0.15) is 6.23 Å². The van der Waals surface area contributed by atoms with E-state index in [1.807, 2.05) is 0 Å². The normalized spacial score (nSPS) is 33.0. The molecular formula is C14H17BN6O5P+. The van der Waals surface area contributed by atoms with Gasteiger partial charge in [0.1, 0.15) is 30.7 Å². The summed E-state index contributed by atoms with van der Waals surface area (Å²) in [6.07, 6.45) is 0.958. The molecule has 2 unspecified atom stereocenters. The summed E-state index contributed by atoms with van der Waals surface area (Å²) in [5.74, 6) is 0.280.